The summed E-state index contributed by atoms with van der Waals surface area (Å²) in [5.74, 6) is 0. The Hall–Kier alpha value is -0.200. The van der Waals surface area contributed by atoms with Gasteiger partial charge in [0.25, 0.3) is 0 Å². The SMILES string of the molecule is O[C@]1(c2ccc(I)nc2)C[C@H]2CC[C@@H]1N2. The molecule has 80 valence electrons. The van der Waals surface area contributed by atoms with Crippen molar-refractivity contribution in [3.63, 3.8) is 0 Å². The first-order valence-electron chi connectivity index (χ1n) is 5.29. The molecular formula is C11H13IN2O. The van der Waals surface area contributed by atoms with Crippen LogP contribution in [0.5, 0.6) is 0 Å². The quantitative estimate of drug-likeness (QED) is 0.608. The Kier molecular flexibility index (Phi) is 2.26. The number of aliphatic hydroxyl groups is 1. The lowest BCUT2D eigenvalue weighted by atomic mass is 9.80. The topological polar surface area (TPSA) is 45.2 Å². The molecule has 0 spiro atoms. The maximum absolute atomic E-state index is 10.6. The van der Waals surface area contributed by atoms with Crippen LogP contribution in [0, 0.1) is 3.70 Å². The molecule has 0 unspecified atom stereocenters. The van der Waals surface area contributed by atoms with E-state index in [0.29, 0.717) is 6.04 Å². The Morgan fingerprint density at radius 2 is 2.33 bits per heavy atom. The van der Waals surface area contributed by atoms with E-state index < -0.39 is 5.60 Å². The van der Waals surface area contributed by atoms with Gasteiger partial charge in [0.1, 0.15) is 9.30 Å². The van der Waals surface area contributed by atoms with E-state index in [9.17, 15) is 5.11 Å². The number of nitrogens with one attached hydrogen (secondary N) is 1. The van der Waals surface area contributed by atoms with Crippen molar-refractivity contribution in [1.29, 1.82) is 0 Å². The minimum Gasteiger partial charge on any atom is -0.383 e. The largest absolute Gasteiger partial charge is 0.383 e. The van der Waals surface area contributed by atoms with Crippen molar-refractivity contribution in [2.75, 3.05) is 0 Å². The molecule has 2 N–H and O–H groups in total. The standard InChI is InChI=1S/C11H13IN2O/c12-10-4-1-7(6-13-10)11(15)5-8-2-3-9(11)14-8/h1,4,6,8-9,14-15H,2-3,5H2/t8-,9+,11+/m1/s1. The molecule has 2 bridgehead atoms. The van der Waals surface area contributed by atoms with Gasteiger partial charge in [-0.2, -0.15) is 0 Å². The van der Waals surface area contributed by atoms with E-state index >= 15 is 0 Å². The normalized spacial score (nSPS) is 38.5. The lowest BCUT2D eigenvalue weighted by Gasteiger charge is -2.31. The predicted octanol–water partition coefficient (Wildman–Crippen LogP) is 1.40. The summed E-state index contributed by atoms with van der Waals surface area (Å²) < 4.78 is 0.969. The van der Waals surface area contributed by atoms with Crippen LogP contribution in [-0.4, -0.2) is 22.2 Å². The summed E-state index contributed by atoms with van der Waals surface area (Å²) in [6, 6.07) is 4.68. The van der Waals surface area contributed by atoms with E-state index in [1.54, 1.807) is 0 Å². The second-order valence-electron chi connectivity index (χ2n) is 4.49. The van der Waals surface area contributed by atoms with Gasteiger partial charge in [0.15, 0.2) is 0 Å². The second-order valence-corrected chi connectivity index (χ2v) is 5.60. The molecular weight excluding hydrogens is 303 g/mol. The third kappa shape index (κ3) is 1.50. The molecule has 1 aromatic heterocycles. The van der Waals surface area contributed by atoms with E-state index in [0.717, 1.165) is 22.1 Å². The second kappa shape index (κ2) is 3.40. The van der Waals surface area contributed by atoms with Crippen molar-refractivity contribution in [2.45, 2.75) is 36.9 Å². The van der Waals surface area contributed by atoms with Crippen molar-refractivity contribution < 1.29 is 5.11 Å². The molecule has 4 heteroatoms. The molecule has 0 aromatic carbocycles. The van der Waals surface area contributed by atoms with Crippen molar-refractivity contribution in [3.05, 3.63) is 27.6 Å². The molecule has 0 saturated carbocycles. The monoisotopic (exact) mass is 316 g/mol. The van der Waals surface area contributed by atoms with Crippen LogP contribution in [0.3, 0.4) is 0 Å². The Balaban J connectivity index is 1.96. The maximum Gasteiger partial charge on any atom is 0.108 e. The van der Waals surface area contributed by atoms with Gasteiger partial charge < -0.3 is 10.4 Å². The van der Waals surface area contributed by atoms with Gasteiger partial charge in [0.05, 0.1) is 0 Å². The van der Waals surface area contributed by atoms with Crippen LogP contribution in [0.25, 0.3) is 0 Å². The zero-order chi connectivity index (χ0) is 10.5. The van der Waals surface area contributed by atoms with Gasteiger partial charge in [-0.05, 0) is 47.9 Å². The molecule has 2 aliphatic heterocycles. The van der Waals surface area contributed by atoms with Crippen LogP contribution >= 0.6 is 22.6 Å². The molecule has 3 heterocycles. The van der Waals surface area contributed by atoms with Gasteiger partial charge in [-0.1, -0.05) is 6.07 Å². The minimum absolute atomic E-state index is 0.226. The maximum atomic E-state index is 10.6. The first-order valence-corrected chi connectivity index (χ1v) is 6.37. The number of fused-ring (bicyclic) bond motifs is 2. The van der Waals surface area contributed by atoms with E-state index in [1.807, 2.05) is 18.3 Å². The molecule has 2 fully saturated rings. The van der Waals surface area contributed by atoms with Crippen molar-refractivity contribution in [3.8, 4) is 0 Å². The molecule has 2 aliphatic rings. The Labute approximate surface area is 102 Å². The molecule has 3 nitrogen and oxygen atoms in total. The summed E-state index contributed by atoms with van der Waals surface area (Å²) in [4.78, 5) is 4.25. The number of nitrogens with zero attached hydrogens (tertiary/aromatic N) is 1. The van der Waals surface area contributed by atoms with Crippen LogP contribution in [0.1, 0.15) is 24.8 Å². The van der Waals surface area contributed by atoms with Crippen LogP contribution in [-0.2, 0) is 5.60 Å². The first kappa shape index (κ1) is 9.99. The molecule has 0 amide bonds. The van der Waals surface area contributed by atoms with Crippen molar-refractivity contribution >= 4 is 22.6 Å². The Morgan fingerprint density at radius 3 is 2.87 bits per heavy atom. The van der Waals surface area contributed by atoms with Crippen LogP contribution in [0.15, 0.2) is 18.3 Å². The zero-order valence-corrected chi connectivity index (χ0v) is 10.4. The average Bonchev–Trinajstić information content (AvgIpc) is 2.78. The molecule has 15 heavy (non-hydrogen) atoms. The summed E-state index contributed by atoms with van der Waals surface area (Å²) in [5.41, 5.74) is 0.280. The molecule has 3 atom stereocenters. The highest BCUT2D eigenvalue weighted by molar-refractivity contribution is 14.1. The first-order chi connectivity index (χ1) is 7.18. The third-order valence-corrected chi connectivity index (χ3v) is 4.24. The van der Waals surface area contributed by atoms with Crippen LogP contribution in [0.2, 0.25) is 0 Å². The van der Waals surface area contributed by atoms with E-state index in [4.69, 9.17) is 0 Å². The van der Waals surface area contributed by atoms with E-state index in [-0.39, 0.29) is 6.04 Å². The van der Waals surface area contributed by atoms with Crippen molar-refractivity contribution in [2.24, 2.45) is 0 Å². The molecule has 0 aliphatic carbocycles. The fraction of sp³-hybridized carbons (Fsp3) is 0.545. The minimum atomic E-state index is -0.680. The van der Waals surface area contributed by atoms with Crippen molar-refractivity contribution in [1.82, 2.24) is 10.3 Å². The summed E-state index contributed by atoms with van der Waals surface area (Å²) in [7, 11) is 0. The number of aromatic nitrogens is 1. The molecule has 2 saturated heterocycles. The molecule has 3 rings (SSSR count). The smallest absolute Gasteiger partial charge is 0.108 e. The Bertz CT molecular complexity index is 381. The number of halogens is 1. The van der Waals surface area contributed by atoms with Gasteiger partial charge >= 0.3 is 0 Å². The summed E-state index contributed by atoms with van der Waals surface area (Å²) in [5, 5.41) is 14.1. The fourth-order valence-electron chi connectivity index (χ4n) is 2.83. The van der Waals surface area contributed by atoms with Gasteiger partial charge in [-0.15, -0.1) is 0 Å². The highest BCUT2D eigenvalue weighted by atomic mass is 127. The van der Waals surface area contributed by atoms with Gasteiger partial charge in [-0.3, -0.25) is 0 Å². The van der Waals surface area contributed by atoms with E-state index in [2.05, 4.69) is 32.9 Å². The zero-order valence-electron chi connectivity index (χ0n) is 8.28. The van der Waals surface area contributed by atoms with Gasteiger partial charge in [0, 0.05) is 23.8 Å². The Morgan fingerprint density at radius 1 is 1.47 bits per heavy atom. The number of hydrogen-bond acceptors (Lipinski definition) is 3. The van der Waals surface area contributed by atoms with Crippen LogP contribution in [0.4, 0.5) is 0 Å². The number of hydrogen-bond donors (Lipinski definition) is 2. The average molecular weight is 316 g/mol. The van der Waals surface area contributed by atoms with Gasteiger partial charge in [-0.25, -0.2) is 4.98 Å². The number of rotatable bonds is 1. The molecule has 1 aromatic rings. The third-order valence-electron chi connectivity index (χ3n) is 3.60. The van der Waals surface area contributed by atoms with Gasteiger partial charge in [0.2, 0.25) is 0 Å². The predicted molar refractivity (Wildman–Crippen MR) is 65.4 cm³/mol. The molecule has 0 radical (unpaired) electrons. The lowest BCUT2D eigenvalue weighted by molar-refractivity contribution is 0.0115. The fourth-order valence-corrected chi connectivity index (χ4v) is 3.14. The number of pyridine rings is 1. The highest BCUT2D eigenvalue weighted by Gasteiger charge is 2.50. The van der Waals surface area contributed by atoms with Crippen LogP contribution < -0.4 is 5.32 Å². The summed E-state index contributed by atoms with van der Waals surface area (Å²) in [6.07, 6.45) is 4.92. The summed E-state index contributed by atoms with van der Waals surface area (Å²) in [6.45, 7) is 0. The lowest BCUT2D eigenvalue weighted by Crippen LogP contribution is -2.39. The highest BCUT2D eigenvalue weighted by Crippen LogP contribution is 2.43. The summed E-state index contributed by atoms with van der Waals surface area (Å²) >= 11 is 2.18. The van der Waals surface area contributed by atoms with E-state index in [1.165, 1.54) is 6.42 Å².